The normalized spacial score (nSPS) is 21.0. The largest absolute Gasteiger partial charge is 0.219 e. The third-order valence-electron chi connectivity index (χ3n) is 5.42. The van der Waals surface area contributed by atoms with E-state index in [-0.39, 0.29) is 10.8 Å². The molecule has 0 saturated carbocycles. The van der Waals surface area contributed by atoms with Crippen molar-refractivity contribution in [1.29, 1.82) is 0 Å². The molecule has 21 heavy (non-hydrogen) atoms. The standard InChI is InChI=1S/C18H26O2S/c1-13-7-8-15(11-14(13)2)21(19,20)16-9-10-17(3,4)18(5,6)12-16/h7-9,11H,10,12H2,1-6H3. The summed E-state index contributed by atoms with van der Waals surface area (Å²) in [6, 6.07) is 5.41. The summed E-state index contributed by atoms with van der Waals surface area (Å²) in [6.07, 6.45) is 3.34. The van der Waals surface area contributed by atoms with E-state index in [1.54, 1.807) is 12.1 Å². The number of benzene rings is 1. The second-order valence-corrected chi connectivity index (χ2v) is 9.57. The molecule has 0 atom stereocenters. The first-order chi connectivity index (χ1) is 9.47. The van der Waals surface area contributed by atoms with Crippen LogP contribution in [0.25, 0.3) is 0 Å². The van der Waals surface area contributed by atoms with Crippen LogP contribution in [0.5, 0.6) is 0 Å². The van der Waals surface area contributed by atoms with Crippen LogP contribution < -0.4 is 0 Å². The number of hydrogen-bond acceptors (Lipinski definition) is 2. The van der Waals surface area contributed by atoms with Crippen LogP contribution in [0, 0.1) is 24.7 Å². The molecule has 0 amide bonds. The third-order valence-corrected chi connectivity index (χ3v) is 7.30. The van der Waals surface area contributed by atoms with Gasteiger partial charge in [-0.15, -0.1) is 0 Å². The Bertz CT molecular complexity index is 692. The number of sulfone groups is 1. The zero-order chi connectivity index (χ0) is 16.1. The van der Waals surface area contributed by atoms with Crippen molar-refractivity contribution in [2.75, 3.05) is 0 Å². The average Bonchev–Trinajstić information content (AvgIpc) is 2.35. The van der Waals surface area contributed by atoms with Crippen LogP contribution in [-0.2, 0) is 9.84 Å². The second kappa shape index (κ2) is 4.98. The monoisotopic (exact) mass is 306 g/mol. The van der Waals surface area contributed by atoms with Gasteiger partial charge in [0, 0.05) is 4.91 Å². The van der Waals surface area contributed by atoms with E-state index in [4.69, 9.17) is 0 Å². The molecule has 0 N–H and O–H groups in total. The molecular weight excluding hydrogens is 280 g/mol. The third kappa shape index (κ3) is 2.80. The summed E-state index contributed by atoms with van der Waals surface area (Å²) in [5.41, 5.74) is 2.24. The lowest BCUT2D eigenvalue weighted by atomic mass is 9.62. The van der Waals surface area contributed by atoms with E-state index >= 15 is 0 Å². The van der Waals surface area contributed by atoms with Gasteiger partial charge in [0.15, 0.2) is 0 Å². The van der Waals surface area contributed by atoms with Gasteiger partial charge in [0.2, 0.25) is 9.84 Å². The summed E-state index contributed by atoms with van der Waals surface area (Å²) in [5.74, 6) is 0. The predicted molar refractivity (Wildman–Crippen MR) is 88.0 cm³/mol. The summed E-state index contributed by atoms with van der Waals surface area (Å²) in [6.45, 7) is 12.7. The van der Waals surface area contributed by atoms with Gasteiger partial charge >= 0.3 is 0 Å². The van der Waals surface area contributed by atoms with E-state index in [9.17, 15) is 8.42 Å². The Balaban J connectivity index is 2.46. The first kappa shape index (κ1) is 16.3. The molecule has 0 fully saturated rings. The highest BCUT2D eigenvalue weighted by atomic mass is 32.2. The van der Waals surface area contributed by atoms with E-state index in [0.717, 1.165) is 17.5 Å². The van der Waals surface area contributed by atoms with Gasteiger partial charge in [-0.1, -0.05) is 39.8 Å². The maximum absolute atomic E-state index is 12.9. The van der Waals surface area contributed by atoms with Crippen LogP contribution in [0.15, 0.2) is 34.1 Å². The molecule has 3 heteroatoms. The van der Waals surface area contributed by atoms with Crippen molar-refractivity contribution in [2.24, 2.45) is 10.8 Å². The Kier molecular flexibility index (Phi) is 3.86. The van der Waals surface area contributed by atoms with Gasteiger partial charge in [-0.05, 0) is 60.8 Å². The van der Waals surface area contributed by atoms with Crippen molar-refractivity contribution in [2.45, 2.75) is 59.3 Å². The van der Waals surface area contributed by atoms with E-state index in [2.05, 4.69) is 27.7 Å². The Morgan fingerprint density at radius 2 is 1.57 bits per heavy atom. The lowest BCUT2D eigenvalue weighted by molar-refractivity contribution is 0.105. The second-order valence-electron chi connectivity index (χ2n) is 7.57. The average molecular weight is 306 g/mol. The molecule has 1 aromatic carbocycles. The number of allylic oxidation sites excluding steroid dienone is 2. The molecular formula is C18H26O2S. The number of aryl methyl sites for hydroxylation is 2. The van der Waals surface area contributed by atoms with Gasteiger partial charge in [-0.2, -0.15) is 0 Å². The number of hydrogen-bond donors (Lipinski definition) is 0. The number of rotatable bonds is 2. The van der Waals surface area contributed by atoms with Gasteiger partial charge in [0.05, 0.1) is 4.90 Å². The van der Waals surface area contributed by atoms with Gasteiger partial charge in [-0.25, -0.2) is 8.42 Å². The lowest BCUT2D eigenvalue weighted by Crippen LogP contribution is -2.36. The van der Waals surface area contributed by atoms with Crippen LogP contribution in [0.2, 0.25) is 0 Å². The minimum atomic E-state index is -3.36. The summed E-state index contributed by atoms with van der Waals surface area (Å²) in [7, 11) is -3.36. The van der Waals surface area contributed by atoms with Crippen molar-refractivity contribution in [1.82, 2.24) is 0 Å². The highest BCUT2D eigenvalue weighted by Gasteiger charge is 2.42. The van der Waals surface area contributed by atoms with Crippen LogP contribution >= 0.6 is 0 Å². The molecule has 0 spiro atoms. The minimum Gasteiger partial charge on any atom is -0.219 e. The van der Waals surface area contributed by atoms with E-state index in [0.29, 0.717) is 16.2 Å². The Morgan fingerprint density at radius 3 is 2.10 bits per heavy atom. The maximum atomic E-state index is 12.9. The fourth-order valence-corrected chi connectivity index (χ4v) is 4.36. The molecule has 0 aromatic heterocycles. The van der Waals surface area contributed by atoms with E-state index in [1.165, 1.54) is 0 Å². The SMILES string of the molecule is Cc1ccc(S(=O)(=O)C2=CCC(C)(C)C(C)(C)C2)cc1C. The molecule has 0 heterocycles. The van der Waals surface area contributed by atoms with Crippen LogP contribution in [0.4, 0.5) is 0 Å². The highest BCUT2D eigenvalue weighted by Crippen LogP contribution is 2.50. The molecule has 0 saturated heterocycles. The molecule has 1 aromatic rings. The zero-order valence-electron chi connectivity index (χ0n) is 13.9. The summed E-state index contributed by atoms with van der Waals surface area (Å²) < 4.78 is 25.8. The van der Waals surface area contributed by atoms with Crippen molar-refractivity contribution >= 4 is 9.84 Å². The smallest absolute Gasteiger partial charge is 0.202 e. The van der Waals surface area contributed by atoms with Crippen molar-refractivity contribution in [3.8, 4) is 0 Å². The molecule has 1 aliphatic rings. The molecule has 1 aliphatic carbocycles. The molecule has 2 rings (SSSR count). The lowest BCUT2D eigenvalue weighted by Gasteiger charge is -2.45. The van der Waals surface area contributed by atoms with Gasteiger partial charge in [-0.3, -0.25) is 0 Å². The van der Waals surface area contributed by atoms with Gasteiger partial charge < -0.3 is 0 Å². The molecule has 0 bridgehead atoms. The Hall–Kier alpha value is -1.09. The summed E-state index contributed by atoms with van der Waals surface area (Å²) >= 11 is 0. The molecule has 2 nitrogen and oxygen atoms in total. The molecule has 0 unspecified atom stereocenters. The summed E-state index contributed by atoms with van der Waals surface area (Å²) in [5, 5.41) is 0. The van der Waals surface area contributed by atoms with E-state index in [1.807, 2.05) is 26.0 Å². The van der Waals surface area contributed by atoms with Gasteiger partial charge in [0.25, 0.3) is 0 Å². The minimum absolute atomic E-state index is 0.0239. The maximum Gasteiger partial charge on any atom is 0.202 e. The first-order valence-corrected chi connectivity index (χ1v) is 8.97. The topological polar surface area (TPSA) is 34.1 Å². The van der Waals surface area contributed by atoms with Crippen molar-refractivity contribution in [3.63, 3.8) is 0 Å². The van der Waals surface area contributed by atoms with Crippen LogP contribution in [0.1, 0.15) is 51.7 Å². The zero-order valence-corrected chi connectivity index (χ0v) is 14.8. The quantitative estimate of drug-likeness (QED) is 0.786. The Labute approximate surface area is 129 Å². The van der Waals surface area contributed by atoms with E-state index < -0.39 is 9.84 Å². The predicted octanol–water partition coefficient (Wildman–Crippen LogP) is 4.81. The van der Waals surface area contributed by atoms with Crippen LogP contribution in [0.3, 0.4) is 0 Å². The van der Waals surface area contributed by atoms with Crippen LogP contribution in [-0.4, -0.2) is 8.42 Å². The van der Waals surface area contributed by atoms with Crippen molar-refractivity contribution in [3.05, 3.63) is 40.3 Å². The summed E-state index contributed by atoms with van der Waals surface area (Å²) in [4.78, 5) is 1.00. The first-order valence-electron chi connectivity index (χ1n) is 7.49. The molecule has 116 valence electrons. The van der Waals surface area contributed by atoms with Gasteiger partial charge in [0.1, 0.15) is 0 Å². The fourth-order valence-electron chi connectivity index (χ4n) is 2.63. The Morgan fingerprint density at radius 1 is 0.952 bits per heavy atom. The molecule has 0 radical (unpaired) electrons. The molecule has 0 aliphatic heterocycles. The van der Waals surface area contributed by atoms with Crippen molar-refractivity contribution < 1.29 is 8.42 Å². The fraction of sp³-hybridized carbons (Fsp3) is 0.556. The highest BCUT2D eigenvalue weighted by molar-refractivity contribution is 7.95.